The lowest BCUT2D eigenvalue weighted by Gasteiger charge is -2.00. The van der Waals surface area contributed by atoms with Crippen LogP contribution in [-0.2, 0) is 4.74 Å². The number of fused-ring (bicyclic) bond motifs is 1. The standard InChI is InChI=1S/C12H11NO4.C2H6/c1-2-17-12(16)10-9(11(14)15)7-5-3-4-6-8(7)13-10;1-2/h3-6,13H,2H2,1H3,(H,14,15);1-2H3. The van der Waals surface area contributed by atoms with Crippen molar-refractivity contribution in [3.8, 4) is 0 Å². The van der Waals surface area contributed by atoms with Crippen molar-refractivity contribution >= 4 is 22.8 Å². The van der Waals surface area contributed by atoms with Crippen LogP contribution in [0.15, 0.2) is 24.3 Å². The molecule has 0 bridgehead atoms. The molecule has 2 aromatic rings. The Kier molecular flexibility index (Phi) is 5.11. The molecule has 0 radical (unpaired) electrons. The van der Waals surface area contributed by atoms with Crippen molar-refractivity contribution in [3.05, 3.63) is 35.5 Å². The molecule has 0 unspecified atom stereocenters. The van der Waals surface area contributed by atoms with Gasteiger partial charge in [0.05, 0.1) is 12.2 Å². The van der Waals surface area contributed by atoms with Gasteiger partial charge in [-0.05, 0) is 13.0 Å². The van der Waals surface area contributed by atoms with E-state index in [1.165, 1.54) is 0 Å². The van der Waals surface area contributed by atoms with Crippen LogP contribution in [0.1, 0.15) is 41.6 Å². The van der Waals surface area contributed by atoms with E-state index in [1.54, 1.807) is 31.2 Å². The molecule has 0 spiro atoms. The summed E-state index contributed by atoms with van der Waals surface area (Å²) in [7, 11) is 0. The first-order valence-electron chi connectivity index (χ1n) is 6.16. The van der Waals surface area contributed by atoms with Gasteiger partial charge in [-0.3, -0.25) is 0 Å². The lowest BCUT2D eigenvalue weighted by Crippen LogP contribution is -2.10. The van der Waals surface area contributed by atoms with Crippen LogP contribution in [0.5, 0.6) is 0 Å². The van der Waals surface area contributed by atoms with Gasteiger partial charge in [-0.15, -0.1) is 0 Å². The van der Waals surface area contributed by atoms with E-state index >= 15 is 0 Å². The Morgan fingerprint density at radius 3 is 2.47 bits per heavy atom. The molecule has 1 aromatic carbocycles. The highest BCUT2D eigenvalue weighted by atomic mass is 16.5. The SMILES string of the molecule is CC.CCOC(=O)c1[nH]c2ccccc2c1C(=O)O. The third-order valence-corrected chi connectivity index (χ3v) is 2.40. The number of esters is 1. The Bertz CT molecular complexity index is 586. The smallest absolute Gasteiger partial charge is 0.355 e. The minimum absolute atomic E-state index is 0.0134. The zero-order valence-electron chi connectivity index (χ0n) is 11.2. The monoisotopic (exact) mass is 263 g/mol. The van der Waals surface area contributed by atoms with Crippen molar-refractivity contribution in [3.63, 3.8) is 0 Å². The van der Waals surface area contributed by atoms with E-state index in [-0.39, 0.29) is 17.9 Å². The van der Waals surface area contributed by atoms with E-state index in [1.807, 2.05) is 13.8 Å². The van der Waals surface area contributed by atoms with Crippen LogP contribution < -0.4 is 0 Å². The molecule has 1 aromatic heterocycles. The van der Waals surface area contributed by atoms with Gasteiger partial charge in [-0.1, -0.05) is 32.0 Å². The van der Waals surface area contributed by atoms with Gasteiger partial charge < -0.3 is 14.8 Å². The van der Waals surface area contributed by atoms with Crippen LogP contribution in [0.25, 0.3) is 10.9 Å². The summed E-state index contributed by atoms with van der Waals surface area (Å²) in [6.07, 6.45) is 0. The summed E-state index contributed by atoms with van der Waals surface area (Å²) in [6, 6.07) is 6.85. The molecule has 0 atom stereocenters. The number of rotatable bonds is 3. The van der Waals surface area contributed by atoms with E-state index in [4.69, 9.17) is 9.84 Å². The number of ether oxygens (including phenoxy) is 1. The lowest BCUT2D eigenvalue weighted by atomic mass is 10.1. The molecule has 0 aliphatic rings. The van der Waals surface area contributed by atoms with Crippen LogP contribution in [0, 0.1) is 0 Å². The minimum Gasteiger partial charge on any atom is -0.478 e. The normalized spacial score (nSPS) is 9.63. The van der Waals surface area contributed by atoms with Crippen molar-refractivity contribution in [2.45, 2.75) is 20.8 Å². The third-order valence-electron chi connectivity index (χ3n) is 2.40. The van der Waals surface area contributed by atoms with Gasteiger partial charge in [-0.2, -0.15) is 0 Å². The largest absolute Gasteiger partial charge is 0.478 e. The van der Waals surface area contributed by atoms with Gasteiger partial charge in [0.15, 0.2) is 0 Å². The van der Waals surface area contributed by atoms with Crippen molar-refractivity contribution < 1.29 is 19.4 Å². The van der Waals surface area contributed by atoms with Gasteiger partial charge in [0.25, 0.3) is 0 Å². The maximum atomic E-state index is 11.6. The van der Waals surface area contributed by atoms with E-state index in [0.29, 0.717) is 10.9 Å². The van der Waals surface area contributed by atoms with Gasteiger partial charge in [0.2, 0.25) is 0 Å². The molecule has 2 rings (SSSR count). The van der Waals surface area contributed by atoms with Crippen molar-refractivity contribution in [2.24, 2.45) is 0 Å². The quantitative estimate of drug-likeness (QED) is 0.834. The molecule has 0 aliphatic heterocycles. The molecule has 0 fully saturated rings. The molecule has 5 heteroatoms. The number of para-hydroxylation sites is 1. The van der Waals surface area contributed by atoms with E-state index in [9.17, 15) is 9.59 Å². The van der Waals surface area contributed by atoms with Gasteiger partial charge in [0.1, 0.15) is 5.69 Å². The number of benzene rings is 1. The molecular formula is C14H17NO4. The maximum Gasteiger partial charge on any atom is 0.355 e. The van der Waals surface area contributed by atoms with E-state index < -0.39 is 11.9 Å². The minimum atomic E-state index is -1.15. The van der Waals surface area contributed by atoms with Crippen LogP contribution in [-0.4, -0.2) is 28.6 Å². The average Bonchev–Trinajstić information content (AvgIpc) is 2.80. The Morgan fingerprint density at radius 1 is 1.26 bits per heavy atom. The fourth-order valence-corrected chi connectivity index (χ4v) is 1.72. The summed E-state index contributed by atoms with van der Waals surface area (Å²) >= 11 is 0. The van der Waals surface area contributed by atoms with Gasteiger partial charge in [-0.25, -0.2) is 9.59 Å². The molecular weight excluding hydrogens is 246 g/mol. The van der Waals surface area contributed by atoms with Crippen molar-refractivity contribution in [1.29, 1.82) is 0 Å². The van der Waals surface area contributed by atoms with Crippen LogP contribution in [0.4, 0.5) is 0 Å². The zero-order chi connectivity index (χ0) is 14.4. The number of hydrogen-bond acceptors (Lipinski definition) is 3. The predicted octanol–water partition coefficient (Wildman–Crippen LogP) is 3.07. The average molecular weight is 263 g/mol. The number of carbonyl (C=O) groups excluding carboxylic acids is 1. The number of aromatic nitrogens is 1. The topological polar surface area (TPSA) is 79.4 Å². The molecule has 0 saturated carbocycles. The van der Waals surface area contributed by atoms with Crippen molar-refractivity contribution in [1.82, 2.24) is 4.98 Å². The van der Waals surface area contributed by atoms with Crippen LogP contribution >= 0.6 is 0 Å². The molecule has 5 nitrogen and oxygen atoms in total. The number of aromatic amines is 1. The predicted molar refractivity (Wildman–Crippen MR) is 72.6 cm³/mol. The summed E-state index contributed by atoms with van der Waals surface area (Å²) < 4.78 is 4.81. The van der Waals surface area contributed by atoms with Crippen LogP contribution in [0.3, 0.4) is 0 Å². The molecule has 0 amide bonds. The highest BCUT2D eigenvalue weighted by molar-refractivity contribution is 6.12. The fraction of sp³-hybridized carbons (Fsp3) is 0.286. The Hall–Kier alpha value is -2.30. The molecule has 0 aliphatic carbocycles. The number of carbonyl (C=O) groups is 2. The molecule has 1 heterocycles. The third kappa shape index (κ3) is 2.93. The Balaban J connectivity index is 0.000000861. The number of carboxylic acid groups (broad SMARTS) is 1. The Labute approximate surface area is 111 Å². The zero-order valence-corrected chi connectivity index (χ0v) is 11.2. The number of carboxylic acids is 1. The number of aromatic carboxylic acids is 1. The number of H-pyrrole nitrogens is 1. The first kappa shape index (κ1) is 14.8. The second kappa shape index (κ2) is 6.58. The first-order valence-corrected chi connectivity index (χ1v) is 6.16. The molecule has 102 valence electrons. The van der Waals surface area contributed by atoms with E-state index in [0.717, 1.165) is 0 Å². The second-order valence-electron chi connectivity index (χ2n) is 3.45. The molecule has 19 heavy (non-hydrogen) atoms. The fourth-order valence-electron chi connectivity index (χ4n) is 1.72. The molecule has 2 N–H and O–H groups in total. The summed E-state index contributed by atoms with van der Waals surface area (Å²) in [5, 5.41) is 9.64. The lowest BCUT2D eigenvalue weighted by molar-refractivity contribution is 0.0509. The highest BCUT2D eigenvalue weighted by Crippen LogP contribution is 2.22. The van der Waals surface area contributed by atoms with Gasteiger partial charge >= 0.3 is 11.9 Å². The van der Waals surface area contributed by atoms with Crippen LogP contribution in [0.2, 0.25) is 0 Å². The summed E-state index contributed by atoms with van der Waals surface area (Å²) in [5.41, 5.74) is 0.549. The first-order chi connectivity index (χ1) is 9.15. The highest BCUT2D eigenvalue weighted by Gasteiger charge is 2.23. The maximum absolute atomic E-state index is 11.6. The van der Waals surface area contributed by atoms with Crippen molar-refractivity contribution in [2.75, 3.05) is 6.61 Å². The summed E-state index contributed by atoms with van der Waals surface area (Å²) in [5.74, 6) is -1.80. The second-order valence-corrected chi connectivity index (χ2v) is 3.45. The summed E-state index contributed by atoms with van der Waals surface area (Å²) in [4.78, 5) is 25.6. The molecule has 0 saturated heterocycles. The number of hydrogen-bond donors (Lipinski definition) is 2. The van der Waals surface area contributed by atoms with Gasteiger partial charge in [0, 0.05) is 10.9 Å². The Morgan fingerprint density at radius 2 is 1.89 bits per heavy atom. The summed E-state index contributed by atoms with van der Waals surface area (Å²) in [6.45, 7) is 5.87. The van der Waals surface area contributed by atoms with E-state index in [2.05, 4.69) is 4.98 Å². The number of nitrogens with one attached hydrogen (secondary N) is 1.